The van der Waals surface area contributed by atoms with E-state index in [9.17, 15) is 14.4 Å². The Hall–Kier alpha value is -3.16. The number of hydrogen-bond acceptors (Lipinski definition) is 5. The fraction of sp³-hybridized carbons (Fsp3) is 0.400. The summed E-state index contributed by atoms with van der Waals surface area (Å²) in [6.45, 7) is 0.718. The van der Waals surface area contributed by atoms with E-state index in [1.54, 1.807) is 18.2 Å². The topological polar surface area (TPSA) is 106 Å². The quantitative estimate of drug-likeness (QED) is 0.557. The van der Waals surface area contributed by atoms with Crippen LogP contribution >= 0.6 is 0 Å². The normalized spacial score (nSPS) is 13.6. The fourth-order valence-corrected chi connectivity index (χ4v) is 3.07. The zero-order chi connectivity index (χ0) is 19.8. The maximum atomic E-state index is 11.9. The van der Waals surface area contributed by atoms with E-state index in [4.69, 9.17) is 4.42 Å². The molecule has 8 heteroatoms. The van der Waals surface area contributed by atoms with Crippen molar-refractivity contribution in [1.29, 1.82) is 0 Å². The molecule has 28 heavy (non-hydrogen) atoms. The summed E-state index contributed by atoms with van der Waals surface area (Å²) in [6.07, 6.45) is 9.10. The third kappa shape index (κ3) is 5.42. The van der Waals surface area contributed by atoms with Gasteiger partial charge in [0.1, 0.15) is 5.69 Å². The van der Waals surface area contributed by atoms with Gasteiger partial charge in [0.05, 0.1) is 12.8 Å². The molecule has 0 radical (unpaired) electrons. The molecule has 2 amide bonds. The van der Waals surface area contributed by atoms with Gasteiger partial charge in [0.15, 0.2) is 5.76 Å². The number of rotatable bonds is 7. The minimum atomic E-state index is -0.715. The van der Waals surface area contributed by atoms with Crippen LogP contribution in [0.1, 0.15) is 32.1 Å². The molecule has 0 atom stereocenters. The Kier molecular flexibility index (Phi) is 6.78. The van der Waals surface area contributed by atoms with Gasteiger partial charge in [0, 0.05) is 19.2 Å². The van der Waals surface area contributed by atoms with Crippen LogP contribution in [-0.4, -0.2) is 34.7 Å². The van der Waals surface area contributed by atoms with Gasteiger partial charge in [0.25, 0.3) is 5.56 Å². The van der Waals surface area contributed by atoms with Crippen LogP contribution in [0.3, 0.4) is 0 Å². The molecule has 0 saturated carbocycles. The molecule has 0 fully saturated rings. The number of nitrogens with one attached hydrogen (secondary N) is 2. The molecule has 0 spiro atoms. The third-order valence-corrected chi connectivity index (χ3v) is 4.57. The Balaban J connectivity index is 1.43. The number of aromatic nitrogens is 2. The van der Waals surface area contributed by atoms with E-state index in [2.05, 4.69) is 21.8 Å². The van der Waals surface area contributed by atoms with Crippen molar-refractivity contribution in [3.63, 3.8) is 0 Å². The average Bonchev–Trinajstić information content (AvgIpc) is 3.25. The lowest BCUT2D eigenvalue weighted by Gasteiger charge is -2.13. The van der Waals surface area contributed by atoms with Gasteiger partial charge >= 0.3 is 11.8 Å². The highest BCUT2D eigenvalue weighted by molar-refractivity contribution is 6.35. The molecule has 0 saturated heterocycles. The van der Waals surface area contributed by atoms with Crippen molar-refractivity contribution in [2.75, 3.05) is 13.1 Å². The predicted molar refractivity (Wildman–Crippen MR) is 103 cm³/mol. The van der Waals surface area contributed by atoms with Crippen molar-refractivity contribution in [1.82, 2.24) is 20.4 Å². The van der Waals surface area contributed by atoms with Crippen LogP contribution in [0.25, 0.3) is 11.5 Å². The summed E-state index contributed by atoms with van der Waals surface area (Å²) in [5.74, 6) is -0.834. The smallest absolute Gasteiger partial charge is 0.309 e. The Morgan fingerprint density at radius 2 is 1.93 bits per heavy atom. The van der Waals surface area contributed by atoms with Gasteiger partial charge in [-0.2, -0.15) is 5.10 Å². The van der Waals surface area contributed by atoms with Gasteiger partial charge in [-0.25, -0.2) is 4.68 Å². The van der Waals surface area contributed by atoms with E-state index < -0.39 is 11.8 Å². The molecule has 1 aliphatic carbocycles. The third-order valence-electron chi connectivity index (χ3n) is 4.57. The van der Waals surface area contributed by atoms with Crippen molar-refractivity contribution < 1.29 is 14.0 Å². The first-order valence-corrected chi connectivity index (χ1v) is 9.49. The summed E-state index contributed by atoms with van der Waals surface area (Å²) in [6, 6.07) is 6.44. The molecule has 2 aromatic heterocycles. The minimum absolute atomic E-state index is 0.117. The number of furan rings is 1. The van der Waals surface area contributed by atoms with Crippen LogP contribution < -0.4 is 16.2 Å². The van der Waals surface area contributed by atoms with Crippen LogP contribution in [-0.2, 0) is 16.1 Å². The van der Waals surface area contributed by atoms with Crippen LogP contribution in [0.15, 0.2) is 51.4 Å². The van der Waals surface area contributed by atoms with Crippen LogP contribution in [0.5, 0.6) is 0 Å². The zero-order valence-corrected chi connectivity index (χ0v) is 15.6. The number of nitrogens with zero attached hydrogens (tertiary/aromatic N) is 2. The first-order valence-electron chi connectivity index (χ1n) is 9.49. The van der Waals surface area contributed by atoms with Crippen molar-refractivity contribution >= 4 is 11.8 Å². The zero-order valence-electron chi connectivity index (χ0n) is 15.6. The summed E-state index contributed by atoms with van der Waals surface area (Å²) in [7, 11) is 0. The summed E-state index contributed by atoms with van der Waals surface area (Å²) < 4.78 is 6.49. The number of carbonyl (C=O) groups excluding carboxylic acids is 2. The molecule has 0 bridgehead atoms. The van der Waals surface area contributed by atoms with Gasteiger partial charge < -0.3 is 15.1 Å². The summed E-state index contributed by atoms with van der Waals surface area (Å²) in [5, 5.41) is 9.35. The van der Waals surface area contributed by atoms with E-state index in [0.717, 1.165) is 19.3 Å². The van der Waals surface area contributed by atoms with E-state index in [1.165, 1.54) is 35.4 Å². The van der Waals surface area contributed by atoms with Gasteiger partial charge in [-0.3, -0.25) is 14.4 Å². The van der Waals surface area contributed by atoms with Crippen LogP contribution in [0.4, 0.5) is 0 Å². The largest absolute Gasteiger partial charge is 0.463 e. The van der Waals surface area contributed by atoms with Crippen LogP contribution in [0, 0.1) is 0 Å². The maximum absolute atomic E-state index is 11.9. The van der Waals surface area contributed by atoms with E-state index in [1.807, 2.05) is 0 Å². The minimum Gasteiger partial charge on any atom is -0.463 e. The van der Waals surface area contributed by atoms with Crippen molar-refractivity contribution in [2.45, 2.75) is 38.6 Å². The molecule has 3 rings (SSSR count). The lowest BCUT2D eigenvalue weighted by molar-refractivity contribution is -0.139. The Labute approximate surface area is 162 Å². The number of amides is 2. The molecule has 0 aliphatic heterocycles. The van der Waals surface area contributed by atoms with Crippen molar-refractivity contribution in [3.8, 4) is 11.5 Å². The van der Waals surface area contributed by atoms with Gasteiger partial charge in [-0.1, -0.05) is 11.6 Å². The van der Waals surface area contributed by atoms with Crippen molar-refractivity contribution in [2.24, 2.45) is 0 Å². The number of hydrogen-bond donors (Lipinski definition) is 2. The first kappa shape index (κ1) is 19.6. The average molecular weight is 384 g/mol. The molecule has 2 aromatic rings. The predicted octanol–water partition coefficient (Wildman–Crippen LogP) is 1.63. The van der Waals surface area contributed by atoms with E-state index in [-0.39, 0.29) is 18.6 Å². The van der Waals surface area contributed by atoms with Gasteiger partial charge in [-0.05, 0) is 50.3 Å². The van der Waals surface area contributed by atoms with E-state index >= 15 is 0 Å². The highest BCUT2D eigenvalue weighted by atomic mass is 16.3. The number of allylic oxidation sites excluding steroid dienone is 1. The lowest BCUT2D eigenvalue weighted by atomic mass is 9.97. The maximum Gasteiger partial charge on any atom is 0.309 e. The van der Waals surface area contributed by atoms with Crippen LogP contribution in [0.2, 0.25) is 0 Å². The molecule has 148 valence electrons. The lowest BCUT2D eigenvalue weighted by Crippen LogP contribution is -2.42. The second-order valence-electron chi connectivity index (χ2n) is 6.63. The number of carbonyl (C=O) groups is 2. The summed E-state index contributed by atoms with van der Waals surface area (Å²) in [4.78, 5) is 35.7. The molecule has 1 aliphatic rings. The standard InChI is InChI=1S/C20H24N4O4/c25-18-9-8-16(17-7-4-14-28-17)23-24(18)13-12-22-20(27)19(26)21-11-10-15-5-2-1-3-6-15/h4-5,7-9,14H,1-3,6,10-13H2,(H,21,26)(H,22,27). The summed E-state index contributed by atoms with van der Waals surface area (Å²) >= 11 is 0. The molecule has 0 aromatic carbocycles. The first-order chi connectivity index (χ1) is 13.6. The Morgan fingerprint density at radius 3 is 2.64 bits per heavy atom. The van der Waals surface area contributed by atoms with E-state index in [0.29, 0.717) is 18.0 Å². The second kappa shape index (κ2) is 9.68. The molecular weight excluding hydrogens is 360 g/mol. The van der Waals surface area contributed by atoms with Gasteiger partial charge in [0.2, 0.25) is 0 Å². The Bertz CT molecular complexity index is 899. The molecular formula is C20H24N4O4. The Morgan fingerprint density at radius 1 is 1.11 bits per heavy atom. The van der Waals surface area contributed by atoms with Crippen molar-refractivity contribution in [3.05, 3.63) is 52.5 Å². The highest BCUT2D eigenvalue weighted by Gasteiger charge is 2.13. The molecule has 2 heterocycles. The fourth-order valence-electron chi connectivity index (χ4n) is 3.07. The summed E-state index contributed by atoms with van der Waals surface area (Å²) in [5.41, 5.74) is 1.56. The molecule has 8 nitrogen and oxygen atoms in total. The SMILES string of the molecule is O=C(NCCC1=CCCCC1)C(=O)NCCn1nc(-c2ccco2)ccc1=O. The molecule has 0 unspecified atom stereocenters. The second-order valence-corrected chi connectivity index (χ2v) is 6.63. The monoisotopic (exact) mass is 384 g/mol. The highest BCUT2D eigenvalue weighted by Crippen LogP contribution is 2.19. The van der Waals surface area contributed by atoms with Gasteiger partial charge in [-0.15, -0.1) is 0 Å². The molecule has 2 N–H and O–H groups in total.